The first kappa shape index (κ1) is 18.6. The molecule has 0 bridgehead atoms. The number of hydrogen-bond donors (Lipinski definition) is 1. The zero-order valence-corrected chi connectivity index (χ0v) is 15.9. The van der Waals surface area contributed by atoms with Crippen LogP contribution in [0.15, 0.2) is 48.5 Å². The minimum absolute atomic E-state index is 0.0514. The van der Waals surface area contributed by atoms with Crippen LogP contribution in [0.4, 0.5) is 5.69 Å². The van der Waals surface area contributed by atoms with Crippen LogP contribution < -0.4 is 5.32 Å². The molecule has 0 spiro atoms. The molecule has 0 saturated carbocycles. The summed E-state index contributed by atoms with van der Waals surface area (Å²) in [6.45, 7) is 8.77. The number of hydrogen-bond acceptors (Lipinski definition) is 2. The lowest BCUT2D eigenvalue weighted by Gasteiger charge is -2.19. The van der Waals surface area contributed by atoms with E-state index in [-0.39, 0.29) is 11.3 Å². The quantitative estimate of drug-likeness (QED) is 0.760. The van der Waals surface area contributed by atoms with Crippen LogP contribution in [-0.2, 0) is 22.4 Å². The fraction of sp³-hybridized carbons (Fsp3) is 0.381. The number of carbonyl (C=O) groups excluding carboxylic acids is 1. The molecule has 0 atom stereocenters. The second kappa shape index (κ2) is 8.39. The minimum atomic E-state index is 0.0514. The Labute approximate surface area is 150 Å². The Bertz CT molecular complexity index is 654. The van der Waals surface area contributed by atoms with Gasteiger partial charge in [-0.25, -0.2) is 0 Å². The van der Waals surface area contributed by atoms with Crippen molar-refractivity contribution in [1.82, 2.24) is 0 Å². The molecule has 0 heterocycles. The van der Waals surface area contributed by atoms with Crippen LogP contribution in [0.2, 0.25) is 0 Å². The summed E-state index contributed by atoms with van der Waals surface area (Å²) in [5.41, 5.74) is 4.92. The van der Waals surface area contributed by atoms with Gasteiger partial charge in [0.1, 0.15) is 0 Å². The molecular weight excluding hydrogens is 314 g/mol. The van der Waals surface area contributed by atoms with Gasteiger partial charge in [-0.1, -0.05) is 64.1 Å². The molecule has 2 rings (SSSR count). The molecule has 0 unspecified atom stereocenters. The van der Waals surface area contributed by atoms with Crippen molar-refractivity contribution in [1.29, 1.82) is 0 Å². The van der Waals surface area contributed by atoms with Crippen LogP contribution in [0.3, 0.4) is 0 Å². The summed E-state index contributed by atoms with van der Waals surface area (Å²) in [6.07, 6.45) is 1.01. The Balaban J connectivity index is 1.77. The van der Waals surface area contributed by atoms with Gasteiger partial charge in [-0.05, 0) is 40.7 Å². The maximum absolute atomic E-state index is 12.0. The van der Waals surface area contributed by atoms with Crippen molar-refractivity contribution in [2.45, 2.75) is 45.3 Å². The van der Waals surface area contributed by atoms with Crippen molar-refractivity contribution in [3.8, 4) is 0 Å². The summed E-state index contributed by atoms with van der Waals surface area (Å²) < 4.78 is 0. The smallest absolute Gasteiger partial charge is 0.234 e. The summed E-state index contributed by atoms with van der Waals surface area (Å²) >= 11 is 1.64. The maximum Gasteiger partial charge on any atom is 0.234 e. The number of nitrogens with one attached hydrogen (secondary N) is 1. The van der Waals surface area contributed by atoms with Gasteiger partial charge in [-0.15, -0.1) is 11.8 Å². The highest BCUT2D eigenvalue weighted by atomic mass is 32.2. The van der Waals surface area contributed by atoms with Gasteiger partial charge >= 0.3 is 0 Å². The summed E-state index contributed by atoms with van der Waals surface area (Å²) in [4.78, 5) is 12.0. The van der Waals surface area contributed by atoms with Crippen molar-refractivity contribution in [3.05, 3.63) is 65.2 Å². The van der Waals surface area contributed by atoms with Crippen molar-refractivity contribution in [2.24, 2.45) is 0 Å². The number of anilines is 1. The molecule has 128 valence electrons. The van der Waals surface area contributed by atoms with Gasteiger partial charge in [0, 0.05) is 11.4 Å². The first-order valence-electron chi connectivity index (χ1n) is 8.44. The lowest BCUT2D eigenvalue weighted by atomic mass is 9.87. The van der Waals surface area contributed by atoms with E-state index in [1.165, 1.54) is 16.7 Å². The van der Waals surface area contributed by atoms with Crippen LogP contribution in [0.25, 0.3) is 0 Å². The normalized spacial score (nSPS) is 11.3. The molecule has 2 nitrogen and oxygen atoms in total. The third-order valence-electron chi connectivity index (χ3n) is 3.97. The topological polar surface area (TPSA) is 29.1 Å². The van der Waals surface area contributed by atoms with E-state index in [0.717, 1.165) is 17.9 Å². The number of benzene rings is 2. The molecule has 2 aromatic carbocycles. The third kappa shape index (κ3) is 5.72. The Hall–Kier alpha value is -1.74. The average molecular weight is 342 g/mol. The predicted octanol–water partition coefficient (Wildman–Crippen LogP) is 5.42. The van der Waals surface area contributed by atoms with E-state index in [4.69, 9.17) is 0 Å². The SMILES string of the molecule is CCc1ccc(NC(=O)CSCc2ccc(C(C)(C)C)cc2)cc1. The van der Waals surface area contributed by atoms with E-state index >= 15 is 0 Å². The van der Waals surface area contributed by atoms with Crippen molar-refractivity contribution >= 4 is 23.4 Å². The van der Waals surface area contributed by atoms with Crippen LogP contribution in [0.5, 0.6) is 0 Å². The van der Waals surface area contributed by atoms with Gasteiger partial charge in [0.25, 0.3) is 0 Å². The molecular formula is C21H27NOS. The van der Waals surface area contributed by atoms with E-state index in [9.17, 15) is 4.79 Å². The van der Waals surface area contributed by atoms with Gasteiger partial charge in [0.05, 0.1) is 5.75 Å². The Morgan fingerprint density at radius 3 is 2.08 bits per heavy atom. The Morgan fingerprint density at radius 2 is 1.54 bits per heavy atom. The van der Waals surface area contributed by atoms with Crippen molar-refractivity contribution in [2.75, 3.05) is 11.1 Å². The molecule has 0 radical (unpaired) electrons. The van der Waals surface area contributed by atoms with Crippen molar-refractivity contribution < 1.29 is 4.79 Å². The summed E-state index contributed by atoms with van der Waals surface area (Å²) in [7, 11) is 0. The highest BCUT2D eigenvalue weighted by molar-refractivity contribution is 7.99. The van der Waals surface area contributed by atoms with Gasteiger partial charge < -0.3 is 5.32 Å². The minimum Gasteiger partial charge on any atom is -0.325 e. The first-order valence-corrected chi connectivity index (χ1v) is 9.60. The third-order valence-corrected chi connectivity index (χ3v) is 4.97. The predicted molar refractivity (Wildman–Crippen MR) is 106 cm³/mol. The lowest BCUT2D eigenvalue weighted by molar-refractivity contribution is -0.113. The summed E-state index contributed by atoms with van der Waals surface area (Å²) in [5.74, 6) is 1.37. The van der Waals surface area contributed by atoms with Gasteiger partial charge in [0.2, 0.25) is 5.91 Å². The fourth-order valence-electron chi connectivity index (χ4n) is 2.38. The number of thioether (sulfide) groups is 1. The molecule has 1 amide bonds. The Morgan fingerprint density at radius 1 is 0.958 bits per heavy atom. The molecule has 24 heavy (non-hydrogen) atoms. The Kier molecular flexibility index (Phi) is 6.50. The molecule has 0 aromatic heterocycles. The van der Waals surface area contributed by atoms with Gasteiger partial charge in [-0.2, -0.15) is 0 Å². The van der Waals surface area contributed by atoms with E-state index in [1.54, 1.807) is 11.8 Å². The van der Waals surface area contributed by atoms with Crippen LogP contribution in [-0.4, -0.2) is 11.7 Å². The second-order valence-corrected chi connectivity index (χ2v) is 8.02. The van der Waals surface area contributed by atoms with Gasteiger partial charge in [0.15, 0.2) is 0 Å². The van der Waals surface area contributed by atoms with E-state index in [1.807, 2.05) is 12.1 Å². The molecule has 0 saturated heterocycles. The molecule has 0 aliphatic rings. The lowest BCUT2D eigenvalue weighted by Crippen LogP contribution is -2.14. The molecule has 3 heteroatoms. The largest absolute Gasteiger partial charge is 0.325 e. The molecule has 2 aromatic rings. The van der Waals surface area contributed by atoms with E-state index < -0.39 is 0 Å². The summed E-state index contributed by atoms with van der Waals surface area (Å²) in [5, 5.41) is 2.95. The zero-order chi connectivity index (χ0) is 17.6. The van der Waals surface area contributed by atoms with Crippen LogP contribution >= 0.6 is 11.8 Å². The number of carbonyl (C=O) groups is 1. The first-order chi connectivity index (χ1) is 11.4. The summed E-state index contributed by atoms with van der Waals surface area (Å²) in [6, 6.07) is 16.7. The molecule has 1 N–H and O–H groups in total. The monoisotopic (exact) mass is 341 g/mol. The van der Waals surface area contributed by atoms with Gasteiger partial charge in [-0.3, -0.25) is 4.79 Å². The van der Waals surface area contributed by atoms with Crippen LogP contribution in [0.1, 0.15) is 44.4 Å². The van der Waals surface area contributed by atoms with E-state index in [0.29, 0.717) is 5.75 Å². The second-order valence-electron chi connectivity index (χ2n) is 7.04. The fourth-order valence-corrected chi connectivity index (χ4v) is 3.17. The molecule has 0 aliphatic heterocycles. The van der Waals surface area contributed by atoms with Crippen molar-refractivity contribution in [3.63, 3.8) is 0 Å². The van der Waals surface area contributed by atoms with E-state index in [2.05, 4.69) is 69.4 Å². The highest BCUT2D eigenvalue weighted by Gasteiger charge is 2.12. The average Bonchev–Trinajstić information content (AvgIpc) is 2.55. The van der Waals surface area contributed by atoms with Crippen LogP contribution in [0, 0.1) is 0 Å². The number of aryl methyl sites for hydroxylation is 1. The highest BCUT2D eigenvalue weighted by Crippen LogP contribution is 2.23. The maximum atomic E-state index is 12.0. The number of rotatable bonds is 6. The zero-order valence-electron chi connectivity index (χ0n) is 15.1. The number of amides is 1. The molecule has 0 aliphatic carbocycles. The standard InChI is InChI=1S/C21H27NOS/c1-5-16-8-12-19(13-9-16)22-20(23)15-24-14-17-6-10-18(11-7-17)21(2,3)4/h6-13H,5,14-15H2,1-4H3,(H,22,23). The molecule has 0 fully saturated rings.